The summed E-state index contributed by atoms with van der Waals surface area (Å²) in [6, 6.07) is 18.4. The Morgan fingerprint density at radius 1 is 0.935 bits per heavy atom. The van der Waals surface area contributed by atoms with Crippen LogP contribution in [-0.4, -0.2) is 27.7 Å². The van der Waals surface area contributed by atoms with Gasteiger partial charge in [0.05, 0.1) is 10.6 Å². The molecule has 0 saturated carbocycles. The van der Waals surface area contributed by atoms with Crippen LogP contribution in [0.3, 0.4) is 0 Å². The molecule has 1 aliphatic rings. The van der Waals surface area contributed by atoms with E-state index in [0.717, 1.165) is 15.4 Å². The highest BCUT2D eigenvalue weighted by molar-refractivity contribution is 7.92. The minimum absolute atomic E-state index is 0.115. The van der Waals surface area contributed by atoms with Gasteiger partial charge in [-0.25, -0.2) is 8.42 Å². The molecule has 4 rings (SSSR count). The van der Waals surface area contributed by atoms with Crippen molar-refractivity contribution in [3.63, 3.8) is 0 Å². The predicted molar refractivity (Wildman–Crippen MR) is 118 cm³/mol. The number of benzene rings is 3. The lowest BCUT2D eigenvalue weighted by atomic mass is 10.1. The highest BCUT2D eigenvalue weighted by Crippen LogP contribution is 2.34. The number of aryl methyl sites for hydroxylation is 2. The average molecular weight is 439 g/mol. The van der Waals surface area contributed by atoms with E-state index < -0.39 is 15.9 Å². The molecule has 0 unspecified atom stereocenters. The SMILES string of the molecule is Cc1ccc(N(CC(=O)Nc2ccc3c(c2)OCO3)S(=O)(=O)c2ccccc2)cc1C. The van der Waals surface area contributed by atoms with Gasteiger partial charge in [0.2, 0.25) is 12.7 Å². The summed E-state index contributed by atoms with van der Waals surface area (Å²) < 4.78 is 38.5. The molecule has 160 valence electrons. The molecule has 0 aliphatic carbocycles. The fourth-order valence-electron chi connectivity index (χ4n) is 3.22. The van der Waals surface area contributed by atoms with Crippen molar-refractivity contribution in [2.45, 2.75) is 18.7 Å². The molecule has 0 fully saturated rings. The minimum Gasteiger partial charge on any atom is -0.454 e. The number of anilines is 2. The number of nitrogens with zero attached hydrogens (tertiary/aromatic N) is 1. The van der Waals surface area contributed by atoms with E-state index in [4.69, 9.17) is 9.47 Å². The number of ether oxygens (including phenoxy) is 2. The number of rotatable bonds is 6. The molecule has 0 spiro atoms. The molecule has 1 N–H and O–H groups in total. The van der Waals surface area contributed by atoms with Crippen LogP contribution in [0.5, 0.6) is 11.5 Å². The van der Waals surface area contributed by atoms with Crippen molar-refractivity contribution in [3.05, 3.63) is 77.9 Å². The summed E-state index contributed by atoms with van der Waals surface area (Å²) in [5.74, 6) is 0.652. The number of hydrogen-bond acceptors (Lipinski definition) is 5. The molecule has 1 heterocycles. The zero-order valence-corrected chi connectivity index (χ0v) is 18.0. The first-order valence-electron chi connectivity index (χ1n) is 9.69. The smallest absolute Gasteiger partial charge is 0.264 e. The number of amides is 1. The summed E-state index contributed by atoms with van der Waals surface area (Å²) in [6.45, 7) is 3.59. The van der Waals surface area contributed by atoms with Crippen LogP contribution in [0.15, 0.2) is 71.6 Å². The molecule has 7 nitrogen and oxygen atoms in total. The Morgan fingerprint density at radius 2 is 1.68 bits per heavy atom. The molecular formula is C23H22N2O5S. The molecule has 3 aromatic carbocycles. The zero-order chi connectivity index (χ0) is 22.0. The number of carbonyl (C=O) groups excluding carboxylic acids is 1. The largest absolute Gasteiger partial charge is 0.454 e. The summed E-state index contributed by atoms with van der Waals surface area (Å²) in [6.07, 6.45) is 0. The van der Waals surface area contributed by atoms with Crippen molar-refractivity contribution in [3.8, 4) is 11.5 Å². The fourth-order valence-corrected chi connectivity index (χ4v) is 4.65. The monoisotopic (exact) mass is 438 g/mol. The highest BCUT2D eigenvalue weighted by atomic mass is 32.2. The van der Waals surface area contributed by atoms with Gasteiger partial charge < -0.3 is 14.8 Å². The number of sulfonamides is 1. The van der Waals surface area contributed by atoms with E-state index in [1.807, 2.05) is 19.9 Å². The fraction of sp³-hybridized carbons (Fsp3) is 0.174. The van der Waals surface area contributed by atoms with E-state index in [0.29, 0.717) is 22.9 Å². The molecule has 8 heteroatoms. The maximum Gasteiger partial charge on any atom is 0.264 e. The summed E-state index contributed by atoms with van der Waals surface area (Å²) in [7, 11) is -3.95. The second-order valence-corrected chi connectivity index (χ2v) is 9.07. The lowest BCUT2D eigenvalue weighted by molar-refractivity contribution is -0.114. The first-order chi connectivity index (χ1) is 14.8. The van der Waals surface area contributed by atoms with Crippen molar-refractivity contribution in [1.29, 1.82) is 0 Å². The van der Waals surface area contributed by atoms with Crippen LogP contribution < -0.4 is 19.1 Å². The van der Waals surface area contributed by atoms with Crippen molar-refractivity contribution < 1.29 is 22.7 Å². The molecule has 0 saturated heterocycles. The van der Waals surface area contributed by atoms with E-state index in [1.165, 1.54) is 12.1 Å². The van der Waals surface area contributed by atoms with E-state index in [1.54, 1.807) is 48.5 Å². The van der Waals surface area contributed by atoms with Crippen molar-refractivity contribution >= 4 is 27.3 Å². The van der Waals surface area contributed by atoms with Gasteiger partial charge in [0, 0.05) is 11.8 Å². The molecule has 0 radical (unpaired) electrons. The number of carbonyl (C=O) groups is 1. The Kier molecular flexibility index (Phi) is 5.56. The Labute approximate surface area is 181 Å². The minimum atomic E-state index is -3.95. The van der Waals surface area contributed by atoms with E-state index in [-0.39, 0.29) is 18.2 Å². The zero-order valence-electron chi connectivity index (χ0n) is 17.2. The van der Waals surface area contributed by atoms with E-state index >= 15 is 0 Å². The van der Waals surface area contributed by atoms with Gasteiger partial charge in [0.25, 0.3) is 10.0 Å². The van der Waals surface area contributed by atoms with E-state index in [2.05, 4.69) is 5.32 Å². The molecule has 0 aromatic heterocycles. The summed E-state index contributed by atoms with van der Waals surface area (Å²) in [4.78, 5) is 13.0. The Balaban J connectivity index is 1.64. The summed E-state index contributed by atoms with van der Waals surface area (Å²) in [5.41, 5.74) is 2.88. The molecule has 0 atom stereocenters. The quantitative estimate of drug-likeness (QED) is 0.632. The summed E-state index contributed by atoms with van der Waals surface area (Å²) >= 11 is 0. The topological polar surface area (TPSA) is 84.9 Å². The third kappa shape index (κ3) is 4.34. The summed E-state index contributed by atoms with van der Waals surface area (Å²) in [5, 5.41) is 2.74. The van der Waals surface area contributed by atoms with Gasteiger partial charge in [-0.05, 0) is 61.4 Å². The standard InChI is InChI=1S/C23H22N2O5S/c1-16-8-10-19(12-17(16)2)25(31(27,28)20-6-4-3-5-7-20)14-23(26)24-18-9-11-21-22(13-18)30-15-29-21/h3-13H,14-15H2,1-2H3,(H,24,26). The van der Waals surface area contributed by atoms with Gasteiger partial charge in [0.1, 0.15) is 6.54 Å². The Hall–Kier alpha value is -3.52. The maximum atomic E-state index is 13.4. The first-order valence-corrected chi connectivity index (χ1v) is 11.1. The highest BCUT2D eigenvalue weighted by Gasteiger charge is 2.27. The number of hydrogen-bond donors (Lipinski definition) is 1. The third-order valence-electron chi connectivity index (χ3n) is 5.05. The molecular weight excluding hydrogens is 416 g/mol. The lowest BCUT2D eigenvalue weighted by Gasteiger charge is -2.25. The van der Waals surface area contributed by atoms with Crippen molar-refractivity contribution in [2.75, 3.05) is 23.0 Å². The van der Waals surface area contributed by atoms with Crippen LogP contribution in [0.25, 0.3) is 0 Å². The normalized spacial score (nSPS) is 12.5. The van der Waals surface area contributed by atoms with Gasteiger partial charge in [-0.1, -0.05) is 24.3 Å². The number of nitrogens with one attached hydrogen (secondary N) is 1. The molecule has 1 amide bonds. The van der Waals surface area contributed by atoms with Crippen LogP contribution >= 0.6 is 0 Å². The average Bonchev–Trinajstić information content (AvgIpc) is 3.22. The third-order valence-corrected chi connectivity index (χ3v) is 6.84. The second kappa shape index (κ2) is 8.31. The lowest BCUT2D eigenvalue weighted by Crippen LogP contribution is -2.38. The Bertz CT molecular complexity index is 1230. The van der Waals surface area contributed by atoms with Gasteiger partial charge in [-0.3, -0.25) is 9.10 Å². The van der Waals surface area contributed by atoms with Gasteiger partial charge >= 0.3 is 0 Å². The van der Waals surface area contributed by atoms with Crippen LogP contribution in [0, 0.1) is 13.8 Å². The molecule has 0 bridgehead atoms. The predicted octanol–water partition coefficient (Wildman–Crippen LogP) is 3.87. The van der Waals surface area contributed by atoms with Crippen LogP contribution in [0.4, 0.5) is 11.4 Å². The van der Waals surface area contributed by atoms with Crippen molar-refractivity contribution in [1.82, 2.24) is 0 Å². The Morgan fingerprint density at radius 3 is 2.42 bits per heavy atom. The van der Waals surface area contributed by atoms with Crippen LogP contribution in [0.1, 0.15) is 11.1 Å². The number of fused-ring (bicyclic) bond motifs is 1. The second-order valence-electron chi connectivity index (χ2n) is 7.21. The molecule has 31 heavy (non-hydrogen) atoms. The van der Waals surface area contributed by atoms with Gasteiger partial charge in [-0.2, -0.15) is 0 Å². The first kappa shape index (κ1) is 20.7. The van der Waals surface area contributed by atoms with Crippen LogP contribution in [-0.2, 0) is 14.8 Å². The van der Waals surface area contributed by atoms with Gasteiger partial charge in [-0.15, -0.1) is 0 Å². The maximum absolute atomic E-state index is 13.4. The van der Waals surface area contributed by atoms with Crippen LogP contribution in [0.2, 0.25) is 0 Å². The molecule has 3 aromatic rings. The van der Waals surface area contributed by atoms with E-state index in [9.17, 15) is 13.2 Å². The van der Waals surface area contributed by atoms with Crippen molar-refractivity contribution in [2.24, 2.45) is 0 Å². The van der Waals surface area contributed by atoms with Gasteiger partial charge in [0.15, 0.2) is 11.5 Å². The molecule has 1 aliphatic heterocycles.